The molecule has 0 spiro atoms. The van der Waals surface area contributed by atoms with Gasteiger partial charge in [0.25, 0.3) is 5.91 Å². The van der Waals surface area contributed by atoms with Crippen LogP contribution in [0.4, 0.5) is 17.1 Å². The molecule has 0 bridgehead atoms. The van der Waals surface area contributed by atoms with Crippen molar-refractivity contribution in [3.63, 3.8) is 0 Å². The number of hydrazone groups is 1. The Morgan fingerprint density at radius 3 is 2.00 bits per heavy atom. The molecule has 0 unspecified atom stereocenters. The monoisotopic (exact) mass is 504 g/mol. The molecule has 0 aliphatic carbocycles. The quantitative estimate of drug-likeness (QED) is 0.307. The lowest BCUT2D eigenvalue weighted by atomic mass is 10.0. The third kappa shape index (κ3) is 5.42. The van der Waals surface area contributed by atoms with Gasteiger partial charge in [0.1, 0.15) is 18.0 Å². The number of rotatable bonds is 7. The summed E-state index contributed by atoms with van der Waals surface area (Å²) in [6.45, 7) is 0. The van der Waals surface area contributed by atoms with E-state index in [1.165, 1.54) is 12.1 Å². The summed E-state index contributed by atoms with van der Waals surface area (Å²) >= 11 is 0. The first-order valence-electron chi connectivity index (χ1n) is 12.4. The van der Waals surface area contributed by atoms with Crippen LogP contribution in [0.1, 0.15) is 24.4 Å². The molecule has 0 fully saturated rings. The molecule has 1 N–H and O–H groups in total. The van der Waals surface area contributed by atoms with Gasteiger partial charge in [-0.3, -0.25) is 14.5 Å². The Morgan fingerprint density at radius 1 is 0.842 bits per heavy atom. The first-order valence-corrected chi connectivity index (χ1v) is 12.4. The number of amidine groups is 1. The fourth-order valence-electron chi connectivity index (χ4n) is 4.56. The van der Waals surface area contributed by atoms with Gasteiger partial charge >= 0.3 is 0 Å². The van der Waals surface area contributed by atoms with Gasteiger partial charge < -0.3 is 10.1 Å². The fraction of sp³-hybridized carbons (Fsp3) is 0.129. The molecule has 7 nitrogen and oxygen atoms in total. The maximum Gasteiger partial charge on any atom is 0.252 e. The van der Waals surface area contributed by atoms with Crippen molar-refractivity contribution >= 4 is 34.7 Å². The minimum Gasteiger partial charge on any atom is -0.495 e. The average Bonchev–Trinajstić information content (AvgIpc) is 3.40. The van der Waals surface area contributed by atoms with Crippen LogP contribution in [-0.2, 0) is 9.59 Å². The molecule has 4 aromatic carbocycles. The van der Waals surface area contributed by atoms with Crippen LogP contribution in [0.5, 0.6) is 5.75 Å². The number of para-hydroxylation sites is 4. The SMILES string of the molecule is COc1ccccc1NC(=O)CC(=O)N1N=C(N(c2ccccc2)c2ccccc2)C[C@H]1c1ccccc1. The van der Waals surface area contributed by atoms with Crippen molar-refractivity contribution in [3.8, 4) is 5.75 Å². The van der Waals surface area contributed by atoms with Crippen molar-refractivity contribution in [1.82, 2.24) is 5.01 Å². The van der Waals surface area contributed by atoms with E-state index < -0.39 is 5.91 Å². The Kier molecular flexibility index (Phi) is 7.45. The Bertz CT molecular complexity index is 1390. The zero-order valence-corrected chi connectivity index (χ0v) is 21.0. The van der Waals surface area contributed by atoms with Crippen molar-refractivity contribution < 1.29 is 14.3 Å². The zero-order chi connectivity index (χ0) is 26.3. The van der Waals surface area contributed by atoms with Crippen LogP contribution in [0.15, 0.2) is 120 Å². The van der Waals surface area contributed by atoms with Gasteiger partial charge in [-0.1, -0.05) is 78.9 Å². The first kappa shape index (κ1) is 24.8. The van der Waals surface area contributed by atoms with Gasteiger partial charge in [-0.05, 0) is 42.0 Å². The van der Waals surface area contributed by atoms with Crippen molar-refractivity contribution in [1.29, 1.82) is 0 Å². The molecule has 1 aliphatic heterocycles. The van der Waals surface area contributed by atoms with E-state index in [2.05, 4.69) is 10.2 Å². The minimum atomic E-state index is -0.432. The van der Waals surface area contributed by atoms with Crippen LogP contribution in [0.2, 0.25) is 0 Å². The Balaban J connectivity index is 1.45. The van der Waals surface area contributed by atoms with E-state index in [9.17, 15) is 9.59 Å². The number of carbonyl (C=O) groups excluding carboxylic acids is 2. The highest BCUT2D eigenvalue weighted by Crippen LogP contribution is 2.36. The second-order valence-electron chi connectivity index (χ2n) is 8.82. The van der Waals surface area contributed by atoms with E-state index in [1.807, 2.05) is 97.1 Å². The molecule has 2 amide bonds. The molecular weight excluding hydrogens is 476 g/mol. The molecule has 0 aromatic heterocycles. The van der Waals surface area contributed by atoms with E-state index in [4.69, 9.17) is 9.84 Å². The number of amides is 2. The molecule has 7 heteroatoms. The number of nitrogens with one attached hydrogen (secondary N) is 1. The Morgan fingerprint density at radius 2 is 1.39 bits per heavy atom. The van der Waals surface area contributed by atoms with Crippen molar-refractivity contribution in [2.75, 3.05) is 17.3 Å². The number of ether oxygens (including phenoxy) is 1. The number of anilines is 3. The predicted molar refractivity (Wildman–Crippen MR) is 149 cm³/mol. The molecule has 1 heterocycles. The summed E-state index contributed by atoms with van der Waals surface area (Å²) in [5.41, 5.74) is 3.34. The molecule has 0 radical (unpaired) electrons. The third-order valence-corrected chi connectivity index (χ3v) is 6.31. The predicted octanol–water partition coefficient (Wildman–Crippen LogP) is 6.15. The third-order valence-electron chi connectivity index (χ3n) is 6.31. The Hall–Kier alpha value is -4.91. The topological polar surface area (TPSA) is 74.2 Å². The van der Waals surface area contributed by atoms with E-state index in [1.54, 1.807) is 18.2 Å². The summed E-state index contributed by atoms with van der Waals surface area (Å²) in [7, 11) is 1.53. The summed E-state index contributed by atoms with van der Waals surface area (Å²) in [6, 6.07) is 36.4. The maximum absolute atomic E-state index is 13.5. The maximum atomic E-state index is 13.5. The highest BCUT2D eigenvalue weighted by atomic mass is 16.5. The summed E-state index contributed by atoms with van der Waals surface area (Å²) in [5.74, 6) is 0.424. The van der Waals surface area contributed by atoms with E-state index in [0.29, 0.717) is 17.9 Å². The van der Waals surface area contributed by atoms with Crippen molar-refractivity contribution in [2.24, 2.45) is 5.10 Å². The summed E-state index contributed by atoms with van der Waals surface area (Å²) in [4.78, 5) is 28.5. The minimum absolute atomic E-state index is 0.340. The van der Waals surface area contributed by atoms with Gasteiger partial charge in [0.05, 0.1) is 18.8 Å². The van der Waals surface area contributed by atoms with E-state index >= 15 is 0 Å². The van der Waals surface area contributed by atoms with Gasteiger partial charge in [-0.25, -0.2) is 5.01 Å². The molecular formula is C31H28N4O3. The van der Waals surface area contributed by atoms with Crippen molar-refractivity contribution in [2.45, 2.75) is 18.9 Å². The summed E-state index contributed by atoms with van der Waals surface area (Å²) in [5, 5.41) is 9.05. The van der Waals surface area contributed by atoms with Crippen LogP contribution >= 0.6 is 0 Å². The molecule has 4 aromatic rings. The molecule has 0 saturated carbocycles. The second-order valence-corrected chi connectivity index (χ2v) is 8.82. The highest BCUT2D eigenvalue weighted by molar-refractivity contribution is 6.08. The second kappa shape index (κ2) is 11.4. The zero-order valence-electron chi connectivity index (χ0n) is 21.0. The molecule has 38 heavy (non-hydrogen) atoms. The normalized spacial score (nSPS) is 14.5. The van der Waals surface area contributed by atoms with Crippen LogP contribution in [0, 0.1) is 0 Å². The van der Waals surface area contributed by atoms with E-state index in [-0.39, 0.29) is 18.4 Å². The average molecular weight is 505 g/mol. The van der Waals surface area contributed by atoms with Crippen molar-refractivity contribution in [3.05, 3.63) is 121 Å². The molecule has 0 saturated heterocycles. The van der Waals surface area contributed by atoms with Crippen LogP contribution < -0.4 is 15.0 Å². The fourth-order valence-corrected chi connectivity index (χ4v) is 4.56. The number of hydrogen-bond donors (Lipinski definition) is 1. The van der Waals surface area contributed by atoms with Crippen LogP contribution in [-0.4, -0.2) is 29.8 Å². The van der Waals surface area contributed by atoms with Crippen LogP contribution in [0.25, 0.3) is 0 Å². The number of nitrogens with zero attached hydrogens (tertiary/aromatic N) is 3. The van der Waals surface area contributed by atoms with Gasteiger partial charge in [-0.2, -0.15) is 5.10 Å². The number of hydrogen-bond acceptors (Lipinski definition) is 5. The largest absolute Gasteiger partial charge is 0.495 e. The molecule has 190 valence electrons. The number of benzene rings is 4. The van der Waals surface area contributed by atoms with Gasteiger partial charge in [0, 0.05) is 17.8 Å². The van der Waals surface area contributed by atoms with Gasteiger partial charge in [0.15, 0.2) is 0 Å². The van der Waals surface area contributed by atoms with Gasteiger partial charge in [-0.15, -0.1) is 0 Å². The number of carbonyl (C=O) groups is 2. The first-order chi connectivity index (χ1) is 18.6. The highest BCUT2D eigenvalue weighted by Gasteiger charge is 2.36. The van der Waals surface area contributed by atoms with Gasteiger partial charge in [0.2, 0.25) is 5.91 Å². The van der Waals surface area contributed by atoms with E-state index in [0.717, 1.165) is 22.8 Å². The lowest BCUT2D eigenvalue weighted by Crippen LogP contribution is -2.30. The standard InChI is InChI=1S/C31H28N4O3/c1-38-28-20-12-11-19-26(28)32-30(36)22-31(37)35-27(23-13-5-2-6-14-23)21-29(33-35)34(24-15-7-3-8-16-24)25-17-9-4-10-18-25/h2-20,27H,21-22H2,1H3,(H,32,36)/t27-/m0/s1. The molecule has 5 rings (SSSR count). The summed E-state index contributed by atoms with van der Waals surface area (Å²) in [6.07, 6.45) is 0.141. The smallest absolute Gasteiger partial charge is 0.252 e. The van der Waals surface area contributed by atoms with Crippen LogP contribution in [0.3, 0.4) is 0 Å². The Labute approximate surface area is 222 Å². The molecule has 1 aliphatic rings. The number of methoxy groups -OCH3 is 1. The summed E-state index contributed by atoms with van der Waals surface area (Å²) < 4.78 is 5.31. The lowest BCUT2D eigenvalue weighted by molar-refractivity contribution is -0.136. The molecule has 1 atom stereocenters. The lowest BCUT2D eigenvalue weighted by Gasteiger charge is -2.24.